The summed E-state index contributed by atoms with van der Waals surface area (Å²) in [6.45, 7) is 10.2. The normalized spacial score (nSPS) is 12.7. The summed E-state index contributed by atoms with van der Waals surface area (Å²) >= 11 is 4.28. The molecule has 17 heavy (non-hydrogen) atoms. The van der Waals surface area contributed by atoms with Gasteiger partial charge >= 0.3 is 0 Å². The molecule has 0 aliphatic carbocycles. The highest BCUT2D eigenvalue weighted by atomic mass is 32.1. The zero-order valence-electron chi connectivity index (χ0n) is 11.4. The molecule has 0 aromatic rings. The summed E-state index contributed by atoms with van der Waals surface area (Å²) in [4.78, 5) is 25.1. The summed E-state index contributed by atoms with van der Waals surface area (Å²) < 4.78 is 0. The highest BCUT2D eigenvalue weighted by Crippen LogP contribution is 2.12. The molecule has 0 bridgehead atoms. The first-order valence-corrected chi connectivity index (χ1v) is 6.57. The van der Waals surface area contributed by atoms with Crippen LogP contribution in [0.2, 0.25) is 0 Å². The largest absolute Gasteiger partial charge is 0.352 e. The van der Waals surface area contributed by atoms with Crippen molar-refractivity contribution in [3.8, 4) is 0 Å². The molecule has 0 saturated heterocycles. The molecule has 0 rings (SSSR count). The van der Waals surface area contributed by atoms with Crippen molar-refractivity contribution in [2.45, 2.75) is 45.9 Å². The van der Waals surface area contributed by atoms with Crippen molar-refractivity contribution in [1.82, 2.24) is 10.2 Å². The van der Waals surface area contributed by atoms with Gasteiger partial charge in [0.05, 0.1) is 11.8 Å². The van der Waals surface area contributed by atoms with Gasteiger partial charge in [-0.15, -0.1) is 0 Å². The van der Waals surface area contributed by atoms with Gasteiger partial charge < -0.3 is 10.2 Å². The number of likely N-dealkylation sites (N-methyl/N-ethyl adjacent to an activating group) is 1. The van der Waals surface area contributed by atoms with Crippen molar-refractivity contribution in [1.29, 1.82) is 0 Å². The molecule has 0 saturated carbocycles. The van der Waals surface area contributed by atoms with Crippen LogP contribution in [0.1, 0.15) is 34.6 Å². The predicted octanol–water partition coefficient (Wildman–Crippen LogP) is 1.31. The van der Waals surface area contributed by atoms with Crippen molar-refractivity contribution < 1.29 is 9.59 Å². The van der Waals surface area contributed by atoms with Crippen LogP contribution in [-0.2, 0) is 9.59 Å². The molecule has 1 atom stereocenters. The Hall–Kier alpha value is -0.710. The summed E-state index contributed by atoms with van der Waals surface area (Å²) in [6.07, 6.45) is 0. The number of thiol groups is 1. The minimum absolute atomic E-state index is 0.0789. The quantitative estimate of drug-likeness (QED) is 0.708. The average molecular weight is 260 g/mol. The van der Waals surface area contributed by atoms with Crippen LogP contribution >= 0.6 is 12.6 Å². The van der Waals surface area contributed by atoms with Crippen LogP contribution in [0.25, 0.3) is 0 Å². The van der Waals surface area contributed by atoms with E-state index in [1.165, 1.54) is 4.90 Å². The molecular formula is C12H24N2O2S. The maximum absolute atomic E-state index is 12.0. The maximum atomic E-state index is 12.0. The molecule has 0 fully saturated rings. The number of amides is 2. The molecule has 0 aliphatic rings. The monoisotopic (exact) mass is 260 g/mol. The lowest BCUT2D eigenvalue weighted by molar-refractivity contribution is -0.136. The van der Waals surface area contributed by atoms with E-state index in [0.29, 0.717) is 6.54 Å². The third kappa shape index (κ3) is 5.96. The molecule has 0 aliphatic heterocycles. The lowest BCUT2D eigenvalue weighted by Gasteiger charge is -2.25. The molecule has 1 N–H and O–H groups in total. The van der Waals surface area contributed by atoms with Crippen LogP contribution in [0, 0.1) is 5.92 Å². The van der Waals surface area contributed by atoms with E-state index < -0.39 is 0 Å². The van der Waals surface area contributed by atoms with E-state index in [1.807, 2.05) is 34.6 Å². The zero-order valence-corrected chi connectivity index (χ0v) is 12.3. The van der Waals surface area contributed by atoms with Crippen LogP contribution in [0.5, 0.6) is 0 Å². The number of nitrogens with zero attached hydrogens (tertiary/aromatic N) is 1. The molecule has 1 unspecified atom stereocenters. The minimum Gasteiger partial charge on any atom is -0.352 e. The summed E-state index contributed by atoms with van der Waals surface area (Å²) in [5.41, 5.74) is 0. The molecule has 0 spiro atoms. The second-order valence-corrected chi connectivity index (χ2v) is 5.32. The number of nitrogens with one attached hydrogen (secondary N) is 1. The lowest BCUT2D eigenvalue weighted by Crippen LogP contribution is -2.46. The molecule has 100 valence electrons. The summed E-state index contributed by atoms with van der Waals surface area (Å²) in [7, 11) is 0. The van der Waals surface area contributed by atoms with Crippen molar-refractivity contribution in [3.05, 3.63) is 0 Å². The Morgan fingerprint density at radius 3 is 2.12 bits per heavy atom. The highest BCUT2D eigenvalue weighted by molar-refractivity contribution is 7.81. The van der Waals surface area contributed by atoms with Gasteiger partial charge in [-0.05, 0) is 26.7 Å². The number of carbonyl (C=O) groups excluding carboxylic acids is 2. The van der Waals surface area contributed by atoms with E-state index in [4.69, 9.17) is 0 Å². The molecule has 0 aromatic carbocycles. The zero-order chi connectivity index (χ0) is 13.6. The molecule has 5 heteroatoms. The van der Waals surface area contributed by atoms with E-state index in [-0.39, 0.29) is 35.6 Å². The Morgan fingerprint density at radius 2 is 1.76 bits per heavy atom. The van der Waals surface area contributed by atoms with Crippen LogP contribution in [0.4, 0.5) is 0 Å². The molecule has 4 nitrogen and oxygen atoms in total. The average Bonchev–Trinajstić information content (AvgIpc) is 2.22. The first-order chi connectivity index (χ1) is 7.79. The molecule has 0 radical (unpaired) electrons. The van der Waals surface area contributed by atoms with Gasteiger partial charge in [0.15, 0.2) is 0 Å². The van der Waals surface area contributed by atoms with Crippen molar-refractivity contribution in [3.63, 3.8) is 0 Å². The van der Waals surface area contributed by atoms with Crippen molar-refractivity contribution in [2.75, 3.05) is 13.1 Å². The van der Waals surface area contributed by atoms with Gasteiger partial charge in [0.25, 0.3) is 0 Å². The third-order valence-corrected chi connectivity index (χ3v) is 3.18. The van der Waals surface area contributed by atoms with Crippen molar-refractivity contribution >= 4 is 24.4 Å². The van der Waals surface area contributed by atoms with Crippen LogP contribution < -0.4 is 5.32 Å². The van der Waals surface area contributed by atoms with Gasteiger partial charge in [-0.2, -0.15) is 12.6 Å². The van der Waals surface area contributed by atoms with Gasteiger partial charge in [0.1, 0.15) is 0 Å². The molecule has 0 heterocycles. The first kappa shape index (κ1) is 16.3. The molecule has 0 aromatic heterocycles. The van der Waals surface area contributed by atoms with E-state index >= 15 is 0 Å². The number of hydrogen-bond donors (Lipinski definition) is 2. The molecule has 2 amide bonds. The summed E-state index contributed by atoms with van der Waals surface area (Å²) in [5, 5.41) is 2.43. The SMILES string of the molecule is CCN(CC(=O)NC(C)C)C(=O)C(S)C(C)C. The van der Waals surface area contributed by atoms with Gasteiger partial charge in [-0.25, -0.2) is 0 Å². The fraction of sp³-hybridized carbons (Fsp3) is 0.833. The first-order valence-electron chi connectivity index (χ1n) is 6.05. The van der Waals surface area contributed by atoms with E-state index in [1.54, 1.807) is 0 Å². The van der Waals surface area contributed by atoms with E-state index in [9.17, 15) is 9.59 Å². The Bertz CT molecular complexity index is 267. The Morgan fingerprint density at radius 1 is 1.24 bits per heavy atom. The van der Waals surface area contributed by atoms with Crippen LogP contribution in [0.3, 0.4) is 0 Å². The smallest absolute Gasteiger partial charge is 0.239 e. The third-order valence-electron chi connectivity index (χ3n) is 2.36. The second kappa shape index (κ2) is 7.58. The van der Waals surface area contributed by atoms with Gasteiger partial charge in [0.2, 0.25) is 11.8 Å². The predicted molar refractivity (Wildman–Crippen MR) is 73.1 cm³/mol. The Kier molecular flexibility index (Phi) is 7.27. The van der Waals surface area contributed by atoms with Gasteiger partial charge in [0, 0.05) is 12.6 Å². The maximum Gasteiger partial charge on any atom is 0.239 e. The standard InChI is InChI=1S/C12H24N2O2S/c1-6-14(7-10(15)13-9(4)5)12(16)11(17)8(2)3/h8-9,11,17H,6-7H2,1-5H3,(H,13,15). The lowest BCUT2D eigenvalue weighted by atomic mass is 10.1. The van der Waals surface area contributed by atoms with Crippen LogP contribution in [0.15, 0.2) is 0 Å². The topological polar surface area (TPSA) is 49.4 Å². The van der Waals surface area contributed by atoms with Crippen molar-refractivity contribution in [2.24, 2.45) is 5.92 Å². The number of hydrogen-bond acceptors (Lipinski definition) is 3. The summed E-state index contributed by atoms with van der Waals surface area (Å²) in [6, 6.07) is 0.0909. The van der Waals surface area contributed by atoms with E-state index in [0.717, 1.165) is 0 Å². The number of carbonyl (C=O) groups is 2. The summed E-state index contributed by atoms with van der Waals surface area (Å²) in [5.74, 6) is -0.0442. The van der Waals surface area contributed by atoms with E-state index in [2.05, 4.69) is 17.9 Å². The van der Waals surface area contributed by atoms with Crippen LogP contribution in [-0.4, -0.2) is 41.1 Å². The highest BCUT2D eigenvalue weighted by Gasteiger charge is 2.24. The van der Waals surface area contributed by atoms with Gasteiger partial charge in [-0.1, -0.05) is 13.8 Å². The second-order valence-electron chi connectivity index (χ2n) is 4.76. The fourth-order valence-corrected chi connectivity index (χ4v) is 1.52. The Balaban J connectivity index is 4.42. The fourth-order valence-electron chi connectivity index (χ4n) is 1.36. The number of rotatable bonds is 6. The molecular weight excluding hydrogens is 236 g/mol. The minimum atomic E-state index is -0.346. The van der Waals surface area contributed by atoms with Gasteiger partial charge in [-0.3, -0.25) is 9.59 Å². The Labute approximate surface area is 110 Å².